The molecule has 0 spiro atoms. The third kappa shape index (κ3) is 1.89. The number of nitrogens with zero attached hydrogens (tertiary/aromatic N) is 2. The van der Waals surface area contributed by atoms with E-state index in [9.17, 15) is 4.79 Å². The van der Waals surface area contributed by atoms with Crippen LogP contribution in [0.15, 0.2) is 22.8 Å². The van der Waals surface area contributed by atoms with Crippen LogP contribution in [0.2, 0.25) is 0 Å². The Kier molecular flexibility index (Phi) is 2.65. The molecule has 2 aliphatic heterocycles. The van der Waals surface area contributed by atoms with Crippen LogP contribution in [-0.4, -0.2) is 47.9 Å². The highest BCUT2D eigenvalue weighted by atomic mass is 16.3. The van der Waals surface area contributed by atoms with Crippen LogP contribution in [0.1, 0.15) is 29.8 Å². The zero-order valence-corrected chi connectivity index (χ0v) is 11.1. The van der Waals surface area contributed by atoms with Crippen molar-refractivity contribution < 1.29 is 9.21 Å². The molecular weight excluding hydrogens is 240 g/mol. The summed E-state index contributed by atoms with van der Waals surface area (Å²) in [6.45, 7) is 4.27. The van der Waals surface area contributed by atoms with E-state index in [0.717, 1.165) is 24.9 Å². The topological polar surface area (TPSA) is 36.7 Å². The summed E-state index contributed by atoms with van der Waals surface area (Å²) in [4.78, 5) is 16.6. The fraction of sp³-hybridized carbons (Fsp3) is 0.667. The van der Waals surface area contributed by atoms with Crippen molar-refractivity contribution in [3.63, 3.8) is 0 Å². The van der Waals surface area contributed by atoms with Crippen molar-refractivity contribution in [1.82, 2.24) is 9.80 Å². The van der Waals surface area contributed by atoms with E-state index in [-0.39, 0.29) is 5.91 Å². The largest absolute Gasteiger partial charge is 0.459 e. The molecule has 0 radical (unpaired) electrons. The number of carbonyl (C=O) groups excluding carboxylic acids is 1. The lowest BCUT2D eigenvalue weighted by Gasteiger charge is -2.44. The average molecular weight is 260 g/mol. The maximum absolute atomic E-state index is 12.1. The zero-order valence-electron chi connectivity index (χ0n) is 11.1. The molecule has 1 amide bonds. The summed E-state index contributed by atoms with van der Waals surface area (Å²) in [6.07, 6.45) is 5.83. The Hall–Kier alpha value is -1.29. The molecule has 0 aromatic carbocycles. The molecule has 4 rings (SSSR count). The van der Waals surface area contributed by atoms with E-state index in [1.807, 2.05) is 4.90 Å². The molecule has 3 heterocycles. The number of amides is 1. The predicted octanol–water partition coefficient (Wildman–Crippen LogP) is 1.84. The predicted molar refractivity (Wildman–Crippen MR) is 70.8 cm³/mol. The van der Waals surface area contributed by atoms with E-state index >= 15 is 0 Å². The second-order valence-electron chi connectivity index (χ2n) is 6.25. The van der Waals surface area contributed by atoms with Crippen molar-refractivity contribution in [3.05, 3.63) is 24.2 Å². The van der Waals surface area contributed by atoms with Crippen LogP contribution in [0.3, 0.4) is 0 Å². The van der Waals surface area contributed by atoms with Gasteiger partial charge in [-0.25, -0.2) is 0 Å². The monoisotopic (exact) mass is 260 g/mol. The fourth-order valence-corrected chi connectivity index (χ4v) is 3.98. The van der Waals surface area contributed by atoms with E-state index in [1.165, 1.54) is 32.4 Å². The van der Waals surface area contributed by atoms with Crippen molar-refractivity contribution in [3.8, 4) is 0 Å². The first-order valence-electron chi connectivity index (χ1n) is 7.38. The number of hydrogen-bond acceptors (Lipinski definition) is 3. The van der Waals surface area contributed by atoms with Crippen molar-refractivity contribution in [2.24, 2.45) is 11.8 Å². The van der Waals surface area contributed by atoms with Gasteiger partial charge < -0.3 is 9.32 Å². The van der Waals surface area contributed by atoms with Crippen molar-refractivity contribution in [2.75, 3.05) is 26.2 Å². The Balaban J connectivity index is 1.32. The highest BCUT2D eigenvalue weighted by Gasteiger charge is 2.43. The highest BCUT2D eigenvalue weighted by Crippen LogP contribution is 2.39. The van der Waals surface area contributed by atoms with Crippen LogP contribution in [-0.2, 0) is 0 Å². The Morgan fingerprint density at radius 2 is 1.89 bits per heavy atom. The van der Waals surface area contributed by atoms with Crippen molar-refractivity contribution in [2.45, 2.75) is 25.3 Å². The summed E-state index contributed by atoms with van der Waals surface area (Å²) in [5.41, 5.74) is 0. The Bertz CT molecular complexity index is 452. The number of fused-ring (bicyclic) bond motifs is 1. The summed E-state index contributed by atoms with van der Waals surface area (Å²) < 4.78 is 5.17. The quantitative estimate of drug-likeness (QED) is 0.814. The molecule has 102 valence electrons. The van der Waals surface area contributed by atoms with Gasteiger partial charge in [0.05, 0.1) is 6.26 Å². The van der Waals surface area contributed by atoms with Gasteiger partial charge in [-0.1, -0.05) is 6.42 Å². The molecule has 2 saturated heterocycles. The second kappa shape index (κ2) is 4.37. The van der Waals surface area contributed by atoms with Crippen molar-refractivity contribution >= 4 is 5.91 Å². The molecule has 0 bridgehead atoms. The van der Waals surface area contributed by atoms with Crippen LogP contribution in [0.4, 0.5) is 0 Å². The average Bonchev–Trinajstić information content (AvgIpc) is 3.02. The van der Waals surface area contributed by atoms with E-state index in [1.54, 1.807) is 18.4 Å². The number of likely N-dealkylation sites (tertiary alicyclic amines) is 2. The maximum atomic E-state index is 12.1. The van der Waals surface area contributed by atoms with Gasteiger partial charge in [-0.15, -0.1) is 0 Å². The van der Waals surface area contributed by atoms with Gasteiger partial charge in [-0.3, -0.25) is 9.69 Å². The van der Waals surface area contributed by atoms with Crippen molar-refractivity contribution in [1.29, 1.82) is 0 Å². The minimum absolute atomic E-state index is 0.0423. The first-order chi connectivity index (χ1) is 9.31. The normalized spacial score (nSPS) is 31.5. The lowest BCUT2D eigenvalue weighted by molar-refractivity contribution is 0.0287. The van der Waals surface area contributed by atoms with Crippen LogP contribution < -0.4 is 0 Å². The molecule has 3 fully saturated rings. The molecule has 1 aromatic heterocycles. The van der Waals surface area contributed by atoms with Crippen LogP contribution in [0.5, 0.6) is 0 Å². The van der Waals surface area contributed by atoms with Gasteiger partial charge in [0.25, 0.3) is 5.91 Å². The molecule has 19 heavy (non-hydrogen) atoms. The summed E-state index contributed by atoms with van der Waals surface area (Å²) in [6, 6.07) is 4.10. The summed E-state index contributed by atoms with van der Waals surface area (Å²) in [7, 11) is 0. The molecule has 2 unspecified atom stereocenters. The molecule has 1 aliphatic carbocycles. The minimum atomic E-state index is 0.0423. The molecule has 2 atom stereocenters. The Morgan fingerprint density at radius 1 is 1.16 bits per heavy atom. The lowest BCUT2D eigenvalue weighted by Crippen LogP contribution is -2.60. The second-order valence-corrected chi connectivity index (χ2v) is 6.25. The first-order valence-corrected chi connectivity index (χ1v) is 7.38. The van der Waals surface area contributed by atoms with E-state index in [0.29, 0.717) is 11.8 Å². The smallest absolute Gasteiger partial charge is 0.289 e. The van der Waals surface area contributed by atoms with Gasteiger partial charge in [0.15, 0.2) is 5.76 Å². The van der Waals surface area contributed by atoms with E-state index in [2.05, 4.69) is 4.90 Å². The molecule has 4 nitrogen and oxygen atoms in total. The standard InChI is InChI=1S/C15H20N2O2/c18-15(14-5-2-6-19-14)17-9-13(10-17)16-7-11-3-1-4-12(11)8-16/h2,5-6,11-13H,1,3-4,7-10H2. The van der Waals surface area contributed by atoms with E-state index < -0.39 is 0 Å². The minimum Gasteiger partial charge on any atom is -0.459 e. The number of carbonyl (C=O) groups is 1. The number of furan rings is 1. The molecule has 1 aromatic rings. The number of rotatable bonds is 2. The van der Waals surface area contributed by atoms with Gasteiger partial charge in [-0.05, 0) is 36.8 Å². The van der Waals surface area contributed by atoms with E-state index in [4.69, 9.17) is 4.42 Å². The third-order valence-corrected chi connectivity index (χ3v) is 5.15. The van der Waals surface area contributed by atoms with Gasteiger partial charge >= 0.3 is 0 Å². The fourth-order valence-electron chi connectivity index (χ4n) is 3.98. The summed E-state index contributed by atoms with van der Waals surface area (Å²) in [5, 5.41) is 0. The lowest BCUT2D eigenvalue weighted by atomic mass is 10.0. The number of hydrogen-bond donors (Lipinski definition) is 0. The summed E-state index contributed by atoms with van der Waals surface area (Å²) >= 11 is 0. The highest BCUT2D eigenvalue weighted by molar-refractivity contribution is 5.92. The molecule has 0 N–H and O–H groups in total. The molecule has 3 aliphatic rings. The molecule has 1 saturated carbocycles. The van der Waals surface area contributed by atoms with Crippen LogP contribution >= 0.6 is 0 Å². The maximum Gasteiger partial charge on any atom is 0.289 e. The third-order valence-electron chi connectivity index (χ3n) is 5.15. The molecule has 4 heteroatoms. The SMILES string of the molecule is O=C(c1ccco1)N1CC(N2CC3CCCC3C2)C1. The first kappa shape index (κ1) is 11.5. The Labute approximate surface area is 113 Å². The zero-order chi connectivity index (χ0) is 12.8. The van der Waals surface area contributed by atoms with Gasteiger partial charge in [0.1, 0.15) is 0 Å². The molecular formula is C15H20N2O2. The van der Waals surface area contributed by atoms with Gasteiger partial charge in [0, 0.05) is 32.2 Å². The van der Waals surface area contributed by atoms with Crippen LogP contribution in [0, 0.1) is 11.8 Å². The Morgan fingerprint density at radius 3 is 2.53 bits per heavy atom. The van der Waals surface area contributed by atoms with Gasteiger partial charge in [0.2, 0.25) is 0 Å². The van der Waals surface area contributed by atoms with Gasteiger partial charge in [-0.2, -0.15) is 0 Å². The summed E-state index contributed by atoms with van der Waals surface area (Å²) in [5.74, 6) is 2.39. The van der Waals surface area contributed by atoms with Crippen LogP contribution in [0.25, 0.3) is 0 Å².